The summed E-state index contributed by atoms with van der Waals surface area (Å²) in [6.45, 7) is 4.42. The van der Waals surface area contributed by atoms with Crippen LogP contribution in [-0.4, -0.2) is 66.5 Å². The third kappa shape index (κ3) is 55.4. The maximum atomic E-state index is 12.9. The van der Waals surface area contributed by atoms with Gasteiger partial charge in [-0.15, -0.1) is 0 Å². The van der Waals surface area contributed by atoms with E-state index in [4.69, 9.17) is 23.3 Å². The van der Waals surface area contributed by atoms with E-state index < -0.39 is 57.8 Å². The third-order valence-corrected chi connectivity index (χ3v) is 13.7. The lowest BCUT2D eigenvalue weighted by molar-refractivity contribution is -0.161. The Morgan fingerprint density at radius 1 is 0.382 bits per heavy atom. The topological polar surface area (TPSA) is 155 Å². The lowest BCUT2D eigenvalue weighted by Gasteiger charge is -2.21. The van der Waals surface area contributed by atoms with Gasteiger partial charge in [0.15, 0.2) is 6.10 Å². The van der Waals surface area contributed by atoms with Crippen LogP contribution in [0, 0.1) is 0 Å². The highest BCUT2D eigenvalue weighted by atomic mass is 31.2. The van der Waals surface area contributed by atoms with Crippen molar-refractivity contribution < 1.29 is 52.2 Å². The SMILES string of the molecule is CC/C=C\C/C=C\C/C=C\C/C=C\C/C=C\CCCC(=O)OC(CO)COP(=O)(O)OCC(COC(=O)CCCCCCC/C=C\C/C=C\CCC)OC(=O)CCCCCCCCCCCCCCCCCCCCC. The molecule has 0 spiro atoms. The van der Waals surface area contributed by atoms with Crippen LogP contribution in [0.2, 0.25) is 0 Å². The molecule has 0 bridgehead atoms. The van der Waals surface area contributed by atoms with Crippen molar-refractivity contribution >= 4 is 25.7 Å². The number of aliphatic hydroxyl groups excluding tert-OH is 1. The van der Waals surface area contributed by atoms with Gasteiger partial charge in [0.1, 0.15) is 12.7 Å². The number of hydrogen-bond acceptors (Lipinski definition) is 10. The van der Waals surface area contributed by atoms with E-state index in [1.807, 2.05) is 12.2 Å². The second-order valence-electron chi connectivity index (χ2n) is 20.1. The molecule has 3 unspecified atom stereocenters. The predicted octanol–water partition coefficient (Wildman–Crippen LogP) is 18.3. The highest BCUT2D eigenvalue weighted by Crippen LogP contribution is 2.43. The number of ether oxygens (including phenoxy) is 3. The van der Waals surface area contributed by atoms with Crippen LogP contribution < -0.4 is 0 Å². The van der Waals surface area contributed by atoms with Crippen LogP contribution >= 0.6 is 7.82 Å². The van der Waals surface area contributed by atoms with E-state index in [0.29, 0.717) is 25.7 Å². The van der Waals surface area contributed by atoms with E-state index in [1.165, 1.54) is 103 Å². The summed E-state index contributed by atoms with van der Waals surface area (Å²) in [7, 11) is -4.77. The molecule has 0 aromatic carbocycles. The Labute approximate surface area is 464 Å². The molecule has 76 heavy (non-hydrogen) atoms. The van der Waals surface area contributed by atoms with Gasteiger partial charge in [-0.05, 0) is 83.5 Å². The molecule has 0 aliphatic rings. The standard InChI is InChI=1S/C64H111O11P/c1-4-7-10-13-16-19-22-25-27-29-30-32-34-37-40-43-46-49-52-55-64(68)75-61(57-71-62(66)53-50-47-44-41-38-35-24-21-18-15-12-9-6-3)59-73-76(69,70)72-58-60(56-65)74-63(67)54-51-48-45-42-39-36-33-31-28-26-23-20-17-14-11-8-5-2/h8,11-12,15,17,20-21,24,26,28,33,36,42,45,60-61,65H,4-7,9-10,13-14,16,18-19,22-23,25,27,29-32,34-35,37-41,43-44,46-59H2,1-3H3,(H,69,70)/b11-8-,15-12-,20-17-,24-21-,28-26-,36-33-,45-42-. The van der Waals surface area contributed by atoms with Crippen LogP contribution in [0.25, 0.3) is 0 Å². The molecule has 0 rings (SSSR count). The summed E-state index contributed by atoms with van der Waals surface area (Å²) in [6, 6.07) is 0. The minimum absolute atomic E-state index is 0.0961. The fourth-order valence-corrected chi connectivity index (χ4v) is 8.98. The van der Waals surface area contributed by atoms with Gasteiger partial charge in [0, 0.05) is 19.3 Å². The maximum absolute atomic E-state index is 12.9. The molecule has 0 fully saturated rings. The summed E-state index contributed by atoms with van der Waals surface area (Å²) in [6.07, 6.45) is 66.9. The summed E-state index contributed by atoms with van der Waals surface area (Å²) in [4.78, 5) is 48.6. The first-order chi connectivity index (χ1) is 37.2. The Balaban J connectivity index is 4.74. The van der Waals surface area contributed by atoms with Gasteiger partial charge in [-0.3, -0.25) is 23.4 Å². The molecule has 0 amide bonds. The number of phosphoric acid groups is 1. The highest BCUT2D eigenvalue weighted by Gasteiger charge is 2.28. The summed E-state index contributed by atoms with van der Waals surface area (Å²) >= 11 is 0. The third-order valence-electron chi connectivity index (χ3n) is 12.8. The van der Waals surface area contributed by atoms with Crippen LogP contribution in [0.1, 0.15) is 265 Å². The van der Waals surface area contributed by atoms with E-state index in [-0.39, 0.29) is 25.9 Å². The van der Waals surface area contributed by atoms with Crippen LogP contribution in [0.15, 0.2) is 85.1 Å². The van der Waals surface area contributed by atoms with Gasteiger partial charge in [0.05, 0.1) is 19.8 Å². The Morgan fingerprint density at radius 3 is 1.16 bits per heavy atom. The van der Waals surface area contributed by atoms with Crippen LogP contribution in [0.4, 0.5) is 0 Å². The fourth-order valence-electron chi connectivity index (χ4n) is 8.20. The molecule has 0 radical (unpaired) electrons. The number of phosphoric ester groups is 1. The Morgan fingerprint density at radius 2 is 0.724 bits per heavy atom. The predicted molar refractivity (Wildman–Crippen MR) is 316 cm³/mol. The summed E-state index contributed by atoms with van der Waals surface area (Å²) in [5.74, 6) is -1.54. The van der Waals surface area contributed by atoms with E-state index in [9.17, 15) is 28.9 Å². The Hall–Kier alpha value is -3.34. The number of unbranched alkanes of at least 4 members (excludes halogenated alkanes) is 25. The fraction of sp³-hybridized carbons (Fsp3) is 0.734. The monoisotopic (exact) mass is 1090 g/mol. The molecule has 2 N–H and O–H groups in total. The van der Waals surface area contributed by atoms with E-state index in [0.717, 1.165) is 96.3 Å². The summed E-state index contributed by atoms with van der Waals surface area (Å²) < 4.78 is 39.5. The number of esters is 3. The zero-order valence-electron chi connectivity index (χ0n) is 48.5. The molecule has 0 saturated heterocycles. The first-order valence-electron chi connectivity index (χ1n) is 30.5. The molecule has 0 aromatic heterocycles. The van der Waals surface area contributed by atoms with Crippen molar-refractivity contribution in [3.63, 3.8) is 0 Å². The van der Waals surface area contributed by atoms with Crippen LogP contribution in [-0.2, 0) is 42.2 Å². The van der Waals surface area contributed by atoms with Crippen LogP contribution in [0.5, 0.6) is 0 Å². The lowest BCUT2D eigenvalue weighted by Crippen LogP contribution is -2.30. The van der Waals surface area contributed by atoms with Crippen molar-refractivity contribution in [2.24, 2.45) is 0 Å². The number of hydrogen-bond donors (Lipinski definition) is 2. The van der Waals surface area contributed by atoms with Crippen molar-refractivity contribution in [2.45, 2.75) is 277 Å². The number of rotatable bonds is 56. The molecular weight excluding hydrogens is 976 g/mol. The van der Waals surface area contributed by atoms with E-state index in [1.54, 1.807) is 0 Å². The zero-order chi connectivity index (χ0) is 55.5. The van der Waals surface area contributed by atoms with Gasteiger partial charge >= 0.3 is 25.7 Å². The minimum atomic E-state index is -4.77. The molecule has 0 heterocycles. The maximum Gasteiger partial charge on any atom is 0.472 e. The van der Waals surface area contributed by atoms with Gasteiger partial charge in [0.2, 0.25) is 0 Å². The first kappa shape index (κ1) is 72.7. The average molecular weight is 1090 g/mol. The van der Waals surface area contributed by atoms with Gasteiger partial charge in [-0.25, -0.2) is 4.57 Å². The number of carbonyl (C=O) groups is 3. The summed E-state index contributed by atoms with van der Waals surface area (Å²) in [5, 5.41) is 9.82. The second kappa shape index (κ2) is 57.8. The molecule has 0 saturated carbocycles. The summed E-state index contributed by atoms with van der Waals surface area (Å²) in [5.41, 5.74) is 0. The first-order valence-corrected chi connectivity index (χ1v) is 32.0. The molecule has 12 heteroatoms. The largest absolute Gasteiger partial charge is 0.472 e. The van der Waals surface area contributed by atoms with Crippen molar-refractivity contribution in [2.75, 3.05) is 26.4 Å². The molecule has 0 aliphatic heterocycles. The van der Waals surface area contributed by atoms with Crippen LogP contribution in [0.3, 0.4) is 0 Å². The van der Waals surface area contributed by atoms with Gasteiger partial charge in [0.25, 0.3) is 0 Å². The van der Waals surface area contributed by atoms with Crippen molar-refractivity contribution in [3.05, 3.63) is 85.1 Å². The molecule has 11 nitrogen and oxygen atoms in total. The van der Waals surface area contributed by atoms with E-state index >= 15 is 0 Å². The van der Waals surface area contributed by atoms with Crippen molar-refractivity contribution in [3.8, 4) is 0 Å². The Kier molecular flexibility index (Phi) is 55.3. The number of aliphatic hydroxyl groups is 1. The molecule has 0 aliphatic carbocycles. The highest BCUT2D eigenvalue weighted by molar-refractivity contribution is 7.47. The van der Waals surface area contributed by atoms with Gasteiger partial charge in [-0.1, -0.05) is 247 Å². The smallest absolute Gasteiger partial charge is 0.462 e. The van der Waals surface area contributed by atoms with Gasteiger partial charge in [-0.2, -0.15) is 0 Å². The lowest BCUT2D eigenvalue weighted by atomic mass is 10.0. The van der Waals surface area contributed by atoms with Crippen molar-refractivity contribution in [1.82, 2.24) is 0 Å². The zero-order valence-corrected chi connectivity index (χ0v) is 49.3. The molecule has 438 valence electrons. The van der Waals surface area contributed by atoms with Gasteiger partial charge < -0.3 is 24.2 Å². The van der Waals surface area contributed by atoms with Crippen molar-refractivity contribution in [1.29, 1.82) is 0 Å². The quantitative estimate of drug-likeness (QED) is 0.0197. The van der Waals surface area contributed by atoms with E-state index in [2.05, 4.69) is 93.7 Å². The minimum Gasteiger partial charge on any atom is -0.462 e. The molecular formula is C64H111O11P. The normalized spacial score (nSPS) is 13.9. The molecule has 3 atom stereocenters. The molecule has 0 aromatic rings. The Bertz CT molecular complexity index is 1600. The second-order valence-corrected chi connectivity index (χ2v) is 21.6. The number of allylic oxidation sites excluding steroid dienone is 14. The number of carbonyl (C=O) groups excluding carboxylic acids is 3. The average Bonchev–Trinajstić information content (AvgIpc) is 3.41.